The Bertz CT molecular complexity index is 896. The second-order valence-electron chi connectivity index (χ2n) is 8.65. The van der Waals surface area contributed by atoms with Crippen LogP contribution in [0.15, 0.2) is 54.6 Å². The molecule has 1 saturated heterocycles. The van der Waals surface area contributed by atoms with Crippen molar-refractivity contribution in [3.8, 4) is 5.75 Å². The fourth-order valence-corrected chi connectivity index (χ4v) is 4.58. The molecule has 0 radical (unpaired) electrons. The van der Waals surface area contributed by atoms with Crippen molar-refractivity contribution < 1.29 is 45.3 Å². The minimum absolute atomic E-state index is 0. The summed E-state index contributed by atoms with van der Waals surface area (Å²) in [7, 11) is 2.12. The van der Waals surface area contributed by atoms with Crippen LogP contribution < -0.4 is 40.0 Å². The predicted octanol–water partition coefficient (Wildman–Crippen LogP) is 0.786. The summed E-state index contributed by atoms with van der Waals surface area (Å²) in [6, 6.07) is 17.2. The summed E-state index contributed by atoms with van der Waals surface area (Å²) in [4.78, 5) is 26.8. The average molecular weight is 433 g/mol. The summed E-state index contributed by atoms with van der Waals surface area (Å²) >= 11 is 0. The van der Waals surface area contributed by atoms with Crippen molar-refractivity contribution in [1.29, 1.82) is 0 Å². The van der Waals surface area contributed by atoms with E-state index in [2.05, 4.69) is 24.9 Å². The Kier molecular flexibility index (Phi) is 9.46. The minimum atomic E-state index is -0.325. The summed E-state index contributed by atoms with van der Waals surface area (Å²) in [5.41, 5.74) is 7.80. The van der Waals surface area contributed by atoms with E-state index in [1.165, 1.54) is 6.92 Å². The van der Waals surface area contributed by atoms with Gasteiger partial charge in [0.25, 0.3) is 0 Å². The van der Waals surface area contributed by atoms with E-state index in [1.54, 1.807) is 6.07 Å². The van der Waals surface area contributed by atoms with Gasteiger partial charge in [0.1, 0.15) is 5.75 Å². The van der Waals surface area contributed by atoms with E-state index in [0.717, 1.165) is 37.1 Å². The van der Waals surface area contributed by atoms with Gasteiger partial charge in [0.05, 0.1) is 0 Å². The zero-order valence-electron chi connectivity index (χ0n) is 20.1. The topological polar surface area (TPSA) is 72.6 Å². The van der Waals surface area contributed by atoms with Crippen molar-refractivity contribution in [2.45, 2.75) is 32.1 Å². The number of piperidine rings is 1. The van der Waals surface area contributed by atoms with Crippen LogP contribution in [0.2, 0.25) is 0 Å². The molecule has 0 bridgehead atoms. The standard InChI is InChI=1S/C25H32N2O3.Na.H/c1-18(28)30-23-11-7-10-21(15-23)25(2)12-13-27(3)17-22(25)14-20(16-26)24(29)19-8-5-4-6-9-19;;/h4-11,15,20,22H,12-14,16-17,26H2,1-3H3;;/q;+1;-1/t20-,22?,25?;;/m1../s1. The molecule has 3 atom stereocenters. The first-order valence-corrected chi connectivity index (χ1v) is 10.6. The van der Waals surface area contributed by atoms with Gasteiger partial charge in [-0.15, -0.1) is 0 Å². The molecular formula is C25H33N2NaO3. The maximum atomic E-state index is 13.1. The molecule has 0 saturated carbocycles. The number of hydrogen-bond donors (Lipinski definition) is 1. The average Bonchev–Trinajstić information content (AvgIpc) is 2.74. The molecule has 2 aromatic carbocycles. The predicted molar refractivity (Wildman–Crippen MR) is 120 cm³/mol. The van der Waals surface area contributed by atoms with Gasteiger partial charge in [0.15, 0.2) is 5.78 Å². The Hall–Kier alpha value is -1.50. The van der Waals surface area contributed by atoms with Crippen LogP contribution in [0.5, 0.6) is 5.75 Å². The first-order valence-electron chi connectivity index (χ1n) is 10.6. The van der Waals surface area contributed by atoms with Crippen molar-refractivity contribution >= 4 is 11.8 Å². The molecule has 0 aromatic heterocycles. The number of carbonyl (C=O) groups excluding carboxylic acids is 2. The fourth-order valence-electron chi connectivity index (χ4n) is 4.58. The smallest absolute Gasteiger partial charge is 1.00 e. The zero-order chi connectivity index (χ0) is 21.7. The molecule has 0 spiro atoms. The Morgan fingerprint density at radius 2 is 1.94 bits per heavy atom. The molecule has 1 aliphatic heterocycles. The first kappa shape index (κ1) is 25.8. The number of benzene rings is 2. The van der Waals surface area contributed by atoms with Gasteiger partial charge in [-0.25, -0.2) is 0 Å². The normalized spacial score (nSPS) is 22.3. The number of rotatable bonds is 7. The molecule has 5 nitrogen and oxygen atoms in total. The second-order valence-corrected chi connectivity index (χ2v) is 8.65. The van der Waals surface area contributed by atoms with Crippen molar-refractivity contribution in [1.82, 2.24) is 4.90 Å². The van der Waals surface area contributed by atoms with Gasteiger partial charge in [-0.2, -0.15) is 0 Å². The summed E-state index contributed by atoms with van der Waals surface area (Å²) in [5.74, 6) is 0.385. The van der Waals surface area contributed by atoms with E-state index < -0.39 is 0 Å². The Balaban J connectivity index is 0.00000256. The van der Waals surface area contributed by atoms with Crippen molar-refractivity contribution in [2.75, 3.05) is 26.7 Å². The van der Waals surface area contributed by atoms with E-state index in [1.807, 2.05) is 42.5 Å². The Labute approximate surface area is 209 Å². The first-order chi connectivity index (χ1) is 14.3. The molecular weight excluding hydrogens is 399 g/mol. The van der Waals surface area contributed by atoms with Crippen LogP contribution in [0, 0.1) is 11.8 Å². The number of likely N-dealkylation sites (tertiary alicyclic amines) is 1. The van der Waals surface area contributed by atoms with Gasteiger partial charge in [-0.1, -0.05) is 49.4 Å². The third-order valence-electron chi connectivity index (χ3n) is 6.48. The van der Waals surface area contributed by atoms with Crippen molar-refractivity contribution in [3.05, 3.63) is 65.7 Å². The van der Waals surface area contributed by atoms with E-state index in [4.69, 9.17) is 10.5 Å². The van der Waals surface area contributed by atoms with Gasteiger partial charge in [0.2, 0.25) is 0 Å². The maximum absolute atomic E-state index is 13.1. The zero-order valence-corrected chi connectivity index (χ0v) is 21.1. The largest absolute Gasteiger partial charge is 1.00 e. The molecule has 1 heterocycles. The van der Waals surface area contributed by atoms with E-state index in [0.29, 0.717) is 12.3 Å². The third-order valence-corrected chi connectivity index (χ3v) is 6.48. The molecule has 2 aromatic rings. The third kappa shape index (κ3) is 6.27. The molecule has 2 N–H and O–H groups in total. The van der Waals surface area contributed by atoms with Crippen LogP contribution in [-0.4, -0.2) is 43.3 Å². The van der Waals surface area contributed by atoms with Crippen LogP contribution in [0.25, 0.3) is 0 Å². The Morgan fingerprint density at radius 3 is 2.58 bits per heavy atom. The monoisotopic (exact) mass is 432 g/mol. The summed E-state index contributed by atoms with van der Waals surface area (Å²) in [6.07, 6.45) is 1.69. The number of nitrogens with two attached hydrogens (primary N) is 1. The van der Waals surface area contributed by atoms with E-state index in [9.17, 15) is 9.59 Å². The summed E-state index contributed by atoms with van der Waals surface area (Å²) in [6.45, 7) is 5.88. The molecule has 6 heteroatoms. The molecule has 1 fully saturated rings. The van der Waals surface area contributed by atoms with Gasteiger partial charge in [-0.05, 0) is 55.5 Å². The molecule has 1 aliphatic rings. The van der Waals surface area contributed by atoms with Gasteiger partial charge >= 0.3 is 35.5 Å². The molecule has 31 heavy (non-hydrogen) atoms. The van der Waals surface area contributed by atoms with E-state index >= 15 is 0 Å². The van der Waals surface area contributed by atoms with Crippen LogP contribution in [-0.2, 0) is 10.2 Å². The number of ether oxygens (including phenoxy) is 1. The minimum Gasteiger partial charge on any atom is -1.00 e. The maximum Gasteiger partial charge on any atom is 1.00 e. The number of esters is 1. The Morgan fingerprint density at radius 1 is 1.23 bits per heavy atom. The molecule has 2 unspecified atom stereocenters. The van der Waals surface area contributed by atoms with Crippen molar-refractivity contribution in [2.24, 2.45) is 17.6 Å². The molecule has 0 amide bonds. The van der Waals surface area contributed by atoms with Gasteiger partial charge < -0.3 is 16.8 Å². The second kappa shape index (κ2) is 11.4. The van der Waals surface area contributed by atoms with Gasteiger partial charge in [0, 0.05) is 31.5 Å². The van der Waals surface area contributed by atoms with Crippen LogP contribution in [0.1, 0.15) is 44.0 Å². The number of Topliss-reactive ketones (excluding diaryl/α,β-unsaturated/α-hetero) is 1. The van der Waals surface area contributed by atoms with Gasteiger partial charge in [-0.3, -0.25) is 9.59 Å². The van der Waals surface area contributed by atoms with Crippen LogP contribution >= 0.6 is 0 Å². The molecule has 0 aliphatic carbocycles. The quantitative estimate of drug-likeness (QED) is 0.303. The number of nitrogens with zero attached hydrogens (tertiary/aromatic N) is 1. The summed E-state index contributed by atoms with van der Waals surface area (Å²) < 4.78 is 5.32. The van der Waals surface area contributed by atoms with E-state index in [-0.39, 0.29) is 60.0 Å². The molecule has 3 rings (SSSR count). The van der Waals surface area contributed by atoms with Crippen molar-refractivity contribution in [3.63, 3.8) is 0 Å². The SMILES string of the molecule is CC(=O)Oc1cccc(C2(C)CCN(C)CC2C[C@H](CN)C(=O)c2ccccc2)c1.[H-].[Na+]. The van der Waals surface area contributed by atoms with Crippen LogP contribution in [0.3, 0.4) is 0 Å². The number of carbonyl (C=O) groups is 2. The number of ketones is 1. The fraction of sp³-hybridized carbons (Fsp3) is 0.440. The molecule has 162 valence electrons. The van der Waals surface area contributed by atoms with Crippen LogP contribution in [0.4, 0.5) is 0 Å². The number of hydrogen-bond acceptors (Lipinski definition) is 5. The summed E-state index contributed by atoms with van der Waals surface area (Å²) in [5, 5.41) is 0.